The molecule has 0 amide bonds. The Labute approximate surface area is 123 Å². The quantitative estimate of drug-likeness (QED) is 0.704. The van der Waals surface area contributed by atoms with Gasteiger partial charge >= 0.3 is 12.2 Å². The third-order valence-corrected chi connectivity index (χ3v) is 3.50. The molecule has 3 rings (SSSR count). The van der Waals surface area contributed by atoms with E-state index >= 15 is 0 Å². The zero-order valence-corrected chi connectivity index (χ0v) is 11.2. The van der Waals surface area contributed by atoms with E-state index < -0.39 is 17.7 Å². The van der Waals surface area contributed by atoms with Crippen molar-refractivity contribution in [3.8, 4) is 0 Å². The van der Waals surface area contributed by atoms with Crippen molar-refractivity contribution in [3.63, 3.8) is 0 Å². The molecule has 3 aromatic rings. The maximum Gasteiger partial charge on any atom is 0.393 e. The van der Waals surface area contributed by atoms with Gasteiger partial charge in [0.05, 0.1) is 0 Å². The van der Waals surface area contributed by atoms with E-state index in [4.69, 9.17) is 27.7 Å². The van der Waals surface area contributed by atoms with E-state index in [1.807, 2.05) is 0 Å². The number of rotatable bonds is 2. The summed E-state index contributed by atoms with van der Waals surface area (Å²) in [6.45, 7) is 6.54. The molecule has 1 unspecified atom stereocenters. The highest BCUT2D eigenvalue weighted by Crippen LogP contribution is 2.37. The molecule has 0 spiro atoms. The van der Waals surface area contributed by atoms with Crippen LogP contribution >= 0.6 is 11.6 Å². The van der Waals surface area contributed by atoms with Crippen molar-refractivity contribution in [2.24, 2.45) is 0 Å². The predicted octanol–water partition coefficient (Wildman–Crippen LogP) is 4.57. The zero-order chi connectivity index (χ0) is 15.2. The van der Waals surface area contributed by atoms with Crippen molar-refractivity contribution in [2.75, 3.05) is 0 Å². The second kappa shape index (κ2) is 4.69. The Hall–Kier alpha value is -2.16. The van der Waals surface area contributed by atoms with Crippen LogP contribution in [0.2, 0.25) is 5.02 Å². The second-order valence-electron chi connectivity index (χ2n) is 4.58. The van der Waals surface area contributed by atoms with Crippen molar-refractivity contribution < 1.29 is 18.3 Å². The highest BCUT2D eigenvalue weighted by atomic mass is 35.5. The lowest BCUT2D eigenvalue weighted by atomic mass is 10.0. The molecule has 1 aromatic heterocycles. The van der Waals surface area contributed by atoms with Gasteiger partial charge in [0.25, 0.3) is 0 Å². The number of furan rings is 1. The van der Waals surface area contributed by atoms with E-state index in [1.54, 1.807) is 18.2 Å². The van der Waals surface area contributed by atoms with Crippen LogP contribution in [0.3, 0.4) is 0 Å². The van der Waals surface area contributed by atoms with E-state index in [2.05, 4.69) is 4.85 Å². The van der Waals surface area contributed by atoms with E-state index in [9.17, 15) is 8.78 Å². The number of alkyl halides is 2. The van der Waals surface area contributed by atoms with Crippen molar-refractivity contribution in [3.05, 3.63) is 58.4 Å². The summed E-state index contributed by atoms with van der Waals surface area (Å²) in [5.41, 5.74) is 0.272. The van der Waals surface area contributed by atoms with Crippen molar-refractivity contribution in [1.82, 2.24) is 0 Å². The standard InChI is InChI=1S/C15H8ClF2NO2/c1-19-14(20)15(17,18)8-2-4-10-11-5-3-9(16)7-13(11)21-12(10)6-8/h2-7,14,20H. The SMILES string of the molecule is [C-]#[N+]C(O)C(F)(F)c1ccc2c(c1)oc1cc(Cl)ccc12. The molecule has 3 nitrogen and oxygen atoms in total. The lowest BCUT2D eigenvalue weighted by Gasteiger charge is -2.13. The number of nitrogens with zero attached hydrogens (tertiary/aromatic N) is 1. The minimum absolute atomic E-state index is 0.252. The summed E-state index contributed by atoms with van der Waals surface area (Å²) in [6, 6.07) is 8.83. The van der Waals surface area contributed by atoms with E-state index in [1.165, 1.54) is 12.1 Å². The Bertz CT molecular complexity index is 882. The van der Waals surface area contributed by atoms with Crippen molar-refractivity contribution >= 4 is 33.5 Å². The molecular formula is C15H8ClF2NO2. The fourth-order valence-electron chi connectivity index (χ4n) is 2.19. The Morgan fingerprint density at radius 1 is 1.14 bits per heavy atom. The van der Waals surface area contributed by atoms with Crippen LogP contribution in [-0.2, 0) is 5.92 Å². The first kappa shape index (κ1) is 13.8. The number of benzene rings is 2. The van der Waals surface area contributed by atoms with E-state index in [0.717, 1.165) is 11.5 Å². The summed E-state index contributed by atoms with van der Waals surface area (Å²) >= 11 is 5.86. The summed E-state index contributed by atoms with van der Waals surface area (Å²) in [7, 11) is 0. The zero-order valence-electron chi connectivity index (χ0n) is 10.5. The summed E-state index contributed by atoms with van der Waals surface area (Å²) < 4.78 is 33.2. The summed E-state index contributed by atoms with van der Waals surface area (Å²) in [5, 5.41) is 11.0. The third kappa shape index (κ3) is 2.13. The second-order valence-corrected chi connectivity index (χ2v) is 5.02. The highest BCUT2D eigenvalue weighted by molar-refractivity contribution is 6.31. The van der Waals surface area contributed by atoms with Crippen molar-refractivity contribution in [1.29, 1.82) is 0 Å². The van der Waals surface area contributed by atoms with Gasteiger partial charge in [-0.2, -0.15) is 8.78 Å². The molecule has 0 fully saturated rings. The van der Waals surface area contributed by atoms with E-state index in [0.29, 0.717) is 16.0 Å². The van der Waals surface area contributed by atoms with Crippen LogP contribution in [0.15, 0.2) is 40.8 Å². The number of aliphatic hydroxyl groups excluding tert-OH is 1. The molecule has 0 aliphatic rings. The topological polar surface area (TPSA) is 37.7 Å². The normalized spacial score (nSPS) is 13.5. The Balaban J connectivity index is 2.21. The molecule has 0 radical (unpaired) electrons. The molecule has 0 saturated heterocycles. The minimum atomic E-state index is -3.66. The van der Waals surface area contributed by atoms with Gasteiger partial charge < -0.3 is 9.52 Å². The van der Waals surface area contributed by atoms with Crippen LogP contribution in [0.25, 0.3) is 26.8 Å². The lowest BCUT2D eigenvalue weighted by Crippen LogP contribution is -2.27. The van der Waals surface area contributed by atoms with Crippen LogP contribution in [0, 0.1) is 6.57 Å². The summed E-state index contributed by atoms with van der Waals surface area (Å²) in [4.78, 5) is 2.48. The Kier molecular flexibility index (Phi) is 3.08. The van der Waals surface area contributed by atoms with Gasteiger partial charge in [-0.3, -0.25) is 4.85 Å². The lowest BCUT2D eigenvalue weighted by molar-refractivity contribution is -0.0938. The molecule has 1 atom stereocenters. The molecule has 0 bridgehead atoms. The van der Waals surface area contributed by atoms with Gasteiger partial charge in [-0.15, -0.1) is 0 Å². The monoisotopic (exact) mass is 307 g/mol. The highest BCUT2D eigenvalue weighted by Gasteiger charge is 2.46. The number of hydrogen-bond acceptors (Lipinski definition) is 2. The van der Waals surface area contributed by atoms with Gasteiger partial charge in [0.1, 0.15) is 11.2 Å². The fourth-order valence-corrected chi connectivity index (χ4v) is 2.35. The van der Waals surface area contributed by atoms with Crippen LogP contribution < -0.4 is 0 Å². The maximum atomic E-state index is 13.9. The van der Waals surface area contributed by atoms with Gasteiger partial charge in [-0.05, 0) is 24.3 Å². The average molecular weight is 308 g/mol. The largest absolute Gasteiger partial charge is 0.456 e. The number of aliphatic hydroxyl groups is 1. The molecule has 21 heavy (non-hydrogen) atoms. The molecule has 0 aliphatic heterocycles. The van der Waals surface area contributed by atoms with Gasteiger partial charge in [-0.1, -0.05) is 17.7 Å². The first-order valence-corrected chi connectivity index (χ1v) is 6.36. The van der Waals surface area contributed by atoms with Crippen LogP contribution in [-0.4, -0.2) is 11.3 Å². The molecular weight excluding hydrogens is 300 g/mol. The molecule has 1 N–H and O–H groups in total. The van der Waals surface area contributed by atoms with Gasteiger partial charge in [0.2, 0.25) is 0 Å². The smallest absolute Gasteiger partial charge is 0.393 e. The molecule has 6 heteroatoms. The number of fused-ring (bicyclic) bond motifs is 3. The first-order chi connectivity index (χ1) is 9.93. The van der Waals surface area contributed by atoms with Gasteiger partial charge in [-0.25, -0.2) is 6.57 Å². The maximum absolute atomic E-state index is 13.9. The third-order valence-electron chi connectivity index (χ3n) is 3.27. The predicted molar refractivity (Wildman–Crippen MR) is 75.2 cm³/mol. The Morgan fingerprint density at radius 2 is 1.76 bits per heavy atom. The fraction of sp³-hybridized carbons (Fsp3) is 0.133. The van der Waals surface area contributed by atoms with Crippen molar-refractivity contribution in [2.45, 2.75) is 12.2 Å². The van der Waals surface area contributed by atoms with Crippen LogP contribution in [0.1, 0.15) is 5.56 Å². The summed E-state index contributed by atoms with van der Waals surface area (Å²) in [5.74, 6) is -3.66. The molecule has 1 heterocycles. The number of hydrogen-bond donors (Lipinski definition) is 1. The summed E-state index contributed by atoms with van der Waals surface area (Å²) in [6.07, 6.45) is -2.42. The molecule has 2 aromatic carbocycles. The Morgan fingerprint density at radius 3 is 2.43 bits per heavy atom. The molecule has 0 aliphatic carbocycles. The van der Waals surface area contributed by atoms with Gasteiger partial charge in [0.15, 0.2) is 0 Å². The molecule has 106 valence electrons. The molecule has 0 saturated carbocycles. The van der Waals surface area contributed by atoms with Crippen LogP contribution in [0.5, 0.6) is 0 Å². The number of halogens is 3. The average Bonchev–Trinajstić information content (AvgIpc) is 2.82. The first-order valence-electron chi connectivity index (χ1n) is 5.98. The van der Waals surface area contributed by atoms with Gasteiger partial charge in [0, 0.05) is 27.4 Å². The minimum Gasteiger partial charge on any atom is -0.456 e. The van der Waals surface area contributed by atoms with E-state index in [-0.39, 0.29) is 5.58 Å². The van der Waals surface area contributed by atoms with Crippen LogP contribution in [0.4, 0.5) is 8.78 Å².